The van der Waals surface area contributed by atoms with E-state index in [-0.39, 0.29) is 0 Å². The Kier molecular flexibility index (Phi) is 11.7. The molecule has 196 valence electrons. The highest BCUT2D eigenvalue weighted by Crippen LogP contribution is 2.36. The molecule has 0 aliphatic heterocycles. The van der Waals surface area contributed by atoms with Crippen LogP contribution >= 0.6 is 0 Å². The van der Waals surface area contributed by atoms with Gasteiger partial charge in [0.15, 0.2) is 0 Å². The van der Waals surface area contributed by atoms with Gasteiger partial charge in [-0.3, -0.25) is 0 Å². The van der Waals surface area contributed by atoms with E-state index >= 15 is 0 Å². The predicted octanol–water partition coefficient (Wildman–Crippen LogP) is 9.12. The number of unbranched alkanes of at least 4 members (excludes halogenated alkanes) is 1. The van der Waals surface area contributed by atoms with Crippen molar-refractivity contribution in [2.45, 2.75) is 72.9 Å². The van der Waals surface area contributed by atoms with Gasteiger partial charge in [-0.15, -0.1) is 0 Å². The van der Waals surface area contributed by atoms with Crippen LogP contribution in [0.25, 0.3) is 11.3 Å². The molecule has 1 aromatic heterocycles. The van der Waals surface area contributed by atoms with Crippen molar-refractivity contribution in [2.24, 2.45) is 5.92 Å². The van der Waals surface area contributed by atoms with Crippen LogP contribution in [0.1, 0.15) is 71.4 Å². The van der Waals surface area contributed by atoms with E-state index in [9.17, 15) is 13.2 Å². The third-order valence-electron chi connectivity index (χ3n) is 5.78. The highest BCUT2D eigenvalue weighted by Gasteiger charge is 2.31. The summed E-state index contributed by atoms with van der Waals surface area (Å²) >= 11 is 0. The summed E-state index contributed by atoms with van der Waals surface area (Å²) < 4.78 is 40.2. The largest absolute Gasteiger partial charge is 0.416 e. The van der Waals surface area contributed by atoms with Gasteiger partial charge in [0.05, 0.1) is 11.3 Å². The molecule has 0 saturated carbocycles. The molecule has 36 heavy (non-hydrogen) atoms. The van der Waals surface area contributed by atoms with E-state index in [0.717, 1.165) is 43.9 Å². The second-order valence-electron chi connectivity index (χ2n) is 8.71. The molecule has 1 atom stereocenters. The Bertz CT molecular complexity index is 1070. The Morgan fingerprint density at radius 2 is 1.67 bits per heavy atom. The lowest BCUT2D eigenvalue weighted by Crippen LogP contribution is -2.13. The number of anilines is 3. The van der Waals surface area contributed by atoms with Crippen molar-refractivity contribution >= 4 is 17.2 Å². The first-order chi connectivity index (χ1) is 17.3. The molecular formula is C29H39F3N4. The number of halogens is 3. The van der Waals surface area contributed by atoms with Gasteiger partial charge in [-0.2, -0.15) is 13.2 Å². The summed E-state index contributed by atoms with van der Waals surface area (Å²) in [5.41, 5.74) is 3.06. The molecule has 0 saturated heterocycles. The lowest BCUT2D eigenvalue weighted by molar-refractivity contribution is -0.137. The molecule has 0 amide bonds. The fraction of sp³-hybridized carbons (Fsp3) is 0.448. The van der Waals surface area contributed by atoms with Crippen LogP contribution in [-0.4, -0.2) is 16.5 Å². The number of nitrogens with zero attached hydrogens (tertiary/aromatic N) is 2. The lowest BCUT2D eigenvalue weighted by Gasteiger charge is -2.18. The number of alkyl halides is 3. The van der Waals surface area contributed by atoms with Crippen molar-refractivity contribution in [1.29, 1.82) is 0 Å². The average Bonchev–Trinajstić information content (AvgIpc) is 2.88. The fourth-order valence-corrected chi connectivity index (χ4v) is 3.87. The van der Waals surface area contributed by atoms with Gasteiger partial charge in [-0.25, -0.2) is 9.97 Å². The van der Waals surface area contributed by atoms with Crippen molar-refractivity contribution < 1.29 is 13.2 Å². The van der Waals surface area contributed by atoms with E-state index in [4.69, 9.17) is 0 Å². The second kappa shape index (κ2) is 14.5. The minimum atomic E-state index is -4.41. The quantitative estimate of drug-likeness (QED) is 0.276. The monoisotopic (exact) mass is 500 g/mol. The van der Waals surface area contributed by atoms with Crippen molar-refractivity contribution in [3.05, 3.63) is 66.0 Å². The molecule has 1 heterocycles. The summed E-state index contributed by atoms with van der Waals surface area (Å²) in [6.07, 6.45) is 2.19. The molecule has 0 spiro atoms. The summed E-state index contributed by atoms with van der Waals surface area (Å²) in [5.74, 6) is 0.941. The van der Waals surface area contributed by atoms with Crippen LogP contribution in [0.2, 0.25) is 0 Å². The Hall–Kier alpha value is -3.09. The van der Waals surface area contributed by atoms with Gasteiger partial charge in [0.2, 0.25) is 0 Å². The standard InChI is InChI=1S/C27H33F3N4.C2H6/c1-4-6-10-19(3)17-31-24-15-21(27(28,29)30)13-14-22(24)25-16-26(33-18-32-25)34-23-12-8-7-11-20(23)9-5-2;1-2/h7-8,11-16,18-19,31H,4-6,9-10,17H2,1-3H3,(H,32,33,34);1-2H3. The average molecular weight is 501 g/mol. The summed E-state index contributed by atoms with van der Waals surface area (Å²) in [5, 5.41) is 6.59. The first-order valence-corrected chi connectivity index (χ1v) is 12.9. The maximum Gasteiger partial charge on any atom is 0.416 e. The zero-order valence-corrected chi connectivity index (χ0v) is 22.0. The molecule has 7 heteroatoms. The van der Waals surface area contributed by atoms with Crippen LogP contribution in [0, 0.1) is 5.92 Å². The Morgan fingerprint density at radius 1 is 0.917 bits per heavy atom. The molecular weight excluding hydrogens is 461 g/mol. The van der Waals surface area contributed by atoms with Gasteiger partial charge < -0.3 is 10.6 Å². The van der Waals surface area contributed by atoms with E-state index < -0.39 is 11.7 Å². The van der Waals surface area contributed by atoms with Crippen molar-refractivity contribution in [2.75, 3.05) is 17.2 Å². The Morgan fingerprint density at radius 3 is 2.36 bits per heavy atom. The van der Waals surface area contributed by atoms with Crippen LogP contribution in [0.5, 0.6) is 0 Å². The maximum atomic E-state index is 13.4. The molecule has 0 radical (unpaired) electrons. The van der Waals surface area contributed by atoms with Crippen LogP contribution in [0.15, 0.2) is 54.9 Å². The molecule has 2 N–H and O–H groups in total. The maximum absolute atomic E-state index is 13.4. The summed E-state index contributed by atoms with van der Waals surface area (Å²) in [6.45, 7) is 11.0. The minimum absolute atomic E-state index is 0.347. The molecule has 3 rings (SSSR count). The highest BCUT2D eigenvalue weighted by atomic mass is 19.4. The third kappa shape index (κ3) is 8.54. The Labute approximate surface area is 213 Å². The SMILES string of the molecule is CC.CCCCC(C)CNc1cc(C(F)(F)F)ccc1-c1cc(Nc2ccccc2CCC)ncn1. The van der Waals surface area contributed by atoms with Gasteiger partial charge in [-0.05, 0) is 42.5 Å². The van der Waals surface area contributed by atoms with E-state index in [1.54, 1.807) is 6.07 Å². The first-order valence-electron chi connectivity index (χ1n) is 12.9. The van der Waals surface area contributed by atoms with Gasteiger partial charge >= 0.3 is 6.18 Å². The summed E-state index contributed by atoms with van der Waals surface area (Å²) in [6, 6.07) is 13.6. The number of rotatable bonds is 11. The van der Waals surface area contributed by atoms with Gasteiger partial charge in [-0.1, -0.05) is 78.1 Å². The summed E-state index contributed by atoms with van der Waals surface area (Å²) in [4.78, 5) is 8.70. The number of hydrogen-bond donors (Lipinski definition) is 2. The van der Waals surface area contributed by atoms with Crippen LogP contribution in [-0.2, 0) is 12.6 Å². The van der Waals surface area contributed by atoms with E-state index in [0.29, 0.717) is 35.2 Å². The minimum Gasteiger partial charge on any atom is -0.384 e. The zero-order chi connectivity index (χ0) is 26.6. The first kappa shape index (κ1) is 29.1. The molecule has 4 nitrogen and oxygen atoms in total. The van der Waals surface area contributed by atoms with Crippen LogP contribution in [0.4, 0.5) is 30.4 Å². The summed E-state index contributed by atoms with van der Waals surface area (Å²) in [7, 11) is 0. The van der Waals surface area contributed by atoms with Crippen molar-refractivity contribution in [1.82, 2.24) is 9.97 Å². The Balaban J connectivity index is 0.00000222. The lowest BCUT2D eigenvalue weighted by atomic mass is 10.0. The van der Waals surface area contributed by atoms with Crippen LogP contribution < -0.4 is 10.6 Å². The normalized spacial score (nSPS) is 11.9. The molecule has 1 unspecified atom stereocenters. The van der Waals surface area contributed by atoms with E-state index in [2.05, 4.69) is 47.4 Å². The zero-order valence-electron chi connectivity index (χ0n) is 22.0. The molecule has 2 aromatic carbocycles. The van der Waals surface area contributed by atoms with Crippen molar-refractivity contribution in [3.63, 3.8) is 0 Å². The molecule has 0 fully saturated rings. The number of aryl methyl sites for hydroxylation is 1. The number of para-hydroxylation sites is 1. The number of nitrogens with one attached hydrogen (secondary N) is 2. The van der Waals surface area contributed by atoms with Crippen LogP contribution in [0.3, 0.4) is 0 Å². The molecule has 0 aliphatic rings. The topological polar surface area (TPSA) is 49.8 Å². The van der Waals surface area contributed by atoms with Crippen molar-refractivity contribution in [3.8, 4) is 11.3 Å². The second-order valence-corrected chi connectivity index (χ2v) is 8.71. The predicted molar refractivity (Wildman–Crippen MR) is 145 cm³/mol. The molecule has 0 bridgehead atoms. The van der Waals surface area contributed by atoms with E-state index in [1.165, 1.54) is 24.0 Å². The van der Waals surface area contributed by atoms with Gasteiger partial charge in [0, 0.05) is 29.5 Å². The van der Waals surface area contributed by atoms with Gasteiger partial charge in [0.25, 0.3) is 0 Å². The number of benzene rings is 2. The molecule has 0 aliphatic carbocycles. The number of aromatic nitrogens is 2. The van der Waals surface area contributed by atoms with E-state index in [1.807, 2.05) is 32.0 Å². The smallest absolute Gasteiger partial charge is 0.384 e. The van der Waals surface area contributed by atoms with Gasteiger partial charge in [0.1, 0.15) is 12.1 Å². The third-order valence-corrected chi connectivity index (χ3v) is 5.78. The fourth-order valence-electron chi connectivity index (χ4n) is 3.87. The highest BCUT2D eigenvalue weighted by molar-refractivity contribution is 5.78. The molecule has 3 aromatic rings. The number of hydrogen-bond acceptors (Lipinski definition) is 4.